The van der Waals surface area contributed by atoms with Gasteiger partial charge in [-0.3, -0.25) is 0 Å². The van der Waals surface area contributed by atoms with E-state index in [2.05, 4.69) is 24.3 Å². The fraction of sp³-hybridized carbons (Fsp3) is 0.538. The van der Waals surface area contributed by atoms with Gasteiger partial charge in [-0.2, -0.15) is 0 Å². The summed E-state index contributed by atoms with van der Waals surface area (Å²) in [5.74, 6) is 0.808. The maximum Gasteiger partial charge on any atom is 0.0535 e. The summed E-state index contributed by atoms with van der Waals surface area (Å²) >= 11 is 0. The summed E-state index contributed by atoms with van der Waals surface area (Å²) in [6.07, 6.45) is 1.13. The molecule has 0 radical (unpaired) electrons. The SMILES string of the molecule is CC(CO)c1ccc(C2CCOC2)cc1. The fourth-order valence-corrected chi connectivity index (χ4v) is 2.00. The molecule has 1 N–H and O–H groups in total. The van der Waals surface area contributed by atoms with E-state index in [1.165, 1.54) is 11.1 Å². The Morgan fingerprint density at radius 1 is 1.40 bits per heavy atom. The molecule has 15 heavy (non-hydrogen) atoms. The Labute approximate surface area is 90.9 Å². The van der Waals surface area contributed by atoms with Crippen LogP contribution in [0.3, 0.4) is 0 Å². The quantitative estimate of drug-likeness (QED) is 0.822. The first-order valence-electron chi connectivity index (χ1n) is 5.59. The molecule has 0 spiro atoms. The van der Waals surface area contributed by atoms with Gasteiger partial charge in [0, 0.05) is 25.0 Å². The minimum Gasteiger partial charge on any atom is -0.396 e. The van der Waals surface area contributed by atoms with Gasteiger partial charge in [0.1, 0.15) is 0 Å². The van der Waals surface area contributed by atoms with Crippen molar-refractivity contribution in [3.05, 3.63) is 35.4 Å². The Morgan fingerprint density at radius 2 is 2.13 bits per heavy atom. The molecular formula is C13H18O2. The van der Waals surface area contributed by atoms with E-state index in [1.807, 2.05) is 6.92 Å². The molecule has 0 aromatic heterocycles. The first-order valence-corrected chi connectivity index (χ1v) is 5.59. The number of ether oxygens (including phenoxy) is 1. The van der Waals surface area contributed by atoms with Crippen molar-refractivity contribution in [3.8, 4) is 0 Å². The summed E-state index contributed by atoms with van der Waals surface area (Å²) < 4.78 is 5.37. The van der Waals surface area contributed by atoms with Gasteiger partial charge in [-0.25, -0.2) is 0 Å². The highest BCUT2D eigenvalue weighted by Crippen LogP contribution is 2.26. The van der Waals surface area contributed by atoms with Crippen LogP contribution in [0.4, 0.5) is 0 Å². The number of hydrogen-bond donors (Lipinski definition) is 1. The van der Waals surface area contributed by atoms with Crippen molar-refractivity contribution in [1.29, 1.82) is 0 Å². The summed E-state index contributed by atoms with van der Waals surface area (Å²) in [4.78, 5) is 0. The average molecular weight is 206 g/mol. The Kier molecular flexibility index (Phi) is 3.39. The van der Waals surface area contributed by atoms with Crippen LogP contribution in [0.15, 0.2) is 24.3 Å². The second-order valence-electron chi connectivity index (χ2n) is 4.31. The zero-order valence-electron chi connectivity index (χ0n) is 9.15. The molecule has 2 rings (SSSR count). The highest BCUT2D eigenvalue weighted by Gasteiger charge is 2.17. The van der Waals surface area contributed by atoms with E-state index >= 15 is 0 Å². The van der Waals surface area contributed by atoms with Crippen molar-refractivity contribution < 1.29 is 9.84 Å². The largest absolute Gasteiger partial charge is 0.396 e. The Morgan fingerprint density at radius 3 is 2.67 bits per heavy atom. The lowest BCUT2D eigenvalue weighted by atomic mass is 9.94. The van der Waals surface area contributed by atoms with E-state index in [-0.39, 0.29) is 12.5 Å². The molecule has 0 saturated carbocycles. The normalized spacial score (nSPS) is 22.9. The molecule has 0 bridgehead atoms. The van der Waals surface area contributed by atoms with Crippen LogP contribution < -0.4 is 0 Å². The maximum atomic E-state index is 9.05. The van der Waals surface area contributed by atoms with E-state index in [9.17, 15) is 0 Å². The highest BCUT2D eigenvalue weighted by molar-refractivity contribution is 5.28. The fourth-order valence-electron chi connectivity index (χ4n) is 2.00. The first-order chi connectivity index (χ1) is 7.31. The number of hydrogen-bond acceptors (Lipinski definition) is 2. The molecule has 0 aliphatic carbocycles. The van der Waals surface area contributed by atoms with Crippen molar-refractivity contribution >= 4 is 0 Å². The Hall–Kier alpha value is -0.860. The summed E-state index contributed by atoms with van der Waals surface area (Å²) in [7, 11) is 0. The van der Waals surface area contributed by atoms with Crippen LogP contribution in [0.25, 0.3) is 0 Å². The molecule has 0 amide bonds. The van der Waals surface area contributed by atoms with Crippen LogP contribution >= 0.6 is 0 Å². The third-order valence-corrected chi connectivity index (χ3v) is 3.18. The zero-order chi connectivity index (χ0) is 10.7. The van der Waals surface area contributed by atoms with Crippen molar-refractivity contribution in [3.63, 3.8) is 0 Å². The van der Waals surface area contributed by atoms with Crippen molar-refractivity contribution in [2.75, 3.05) is 19.8 Å². The first kappa shape index (κ1) is 10.7. The lowest BCUT2D eigenvalue weighted by Crippen LogP contribution is -2.01. The summed E-state index contributed by atoms with van der Waals surface area (Å²) in [5.41, 5.74) is 2.57. The van der Waals surface area contributed by atoms with Gasteiger partial charge < -0.3 is 9.84 Å². The van der Waals surface area contributed by atoms with Gasteiger partial charge in [0.2, 0.25) is 0 Å². The lowest BCUT2D eigenvalue weighted by molar-refractivity contribution is 0.194. The van der Waals surface area contributed by atoms with Gasteiger partial charge in [-0.1, -0.05) is 31.2 Å². The minimum absolute atomic E-state index is 0.214. The standard InChI is InChI=1S/C13H18O2/c1-10(8-14)11-2-4-12(5-3-11)13-6-7-15-9-13/h2-5,10,13-14H,6-9H2,1H3. The lowest BCUT2D eigenvalue weighted by Gasteiger charge is -2.11. The number of benzene rings is 1. The number of aliphatic hydroxyl groups excluding tert-OH is 1. The molecule has 1 aliphatic rings. The summed E-state index contributed by atoms with van der Waals surface area (Å²) in [6.45, 7) is 3.99. The highest BCUT2D eigenvalue weighted by atomic mass is 16.5. The molecule has 2 nitrogen and oxygen atoms in total. The van der Waals surface area contributed by atoms with Gasteiger partial charge in [0.15, 0.2) is 0 Å². The maximum absolute atomic E-state index is 9.05. The number of rotatable bonds is 3. The molecule has 1 aromatic rings. The number of aliphatic hydroxyl groups is 1. The van der Waals surface area contributed by atoms with Gasteiger partial charge in [-0.05, 0) is 17.5 Å². The van der Waals surface area contributed by atoms with E-state index in [0.717, 1.165) is 19.6 Å². The van der Waals surface area contributed by atoms with Gasteiger partial charge in [0.05, 0.1) is 6.61 Å². The molecular weight excluding hydrogens is 188 g/mol. The van der Waals surface area contributed by atoms with E-state index in [4.69, 9.17) is 9.84 Å². The van der Waals surface area contributed by atoms with Crippen molar-refractivity contribution in [2.45, 2.75) is 25.2 Å². The molecule has 1 aromatic carbocycles. The van der Waals surface area contributed by atoms with E-state index in [1.54, 1.807) is 0 Å². The van der Waals surface area contributed by atoms with Crippen LogP contribution in [0.1, 0.15) is 36.3 Å². The van der Waals surface area contributed by atoms with E-state index in [0.29, 0.717) is 5.92 Å². The molecule has 1 fully saturated rings. The van der Waals surface area contributed by atoms with Gasteiger partial charge in [0.25, 0.3) is 0 Å². The molecule has 2 heteroatoms. The average Bonchev–Trinajstić information content (AvgIpc) is 2.82. The Bertz CT molecular complexity index is 299. The van der Waals surface area contributed by atoms with Crippen LogP contribution in [-0.4, -0.2) is 24.9 Å². The summed E-state index contributed by atoms with van der Waals surface area (Å²) in [5, 5.41) is 9.05. The predicted molar refractivity (Wildman–Crippen MR) is 60.1 cm³/mol. The molecule has 82 valence electrons. The predicted octanol–water partition coefficient (Wildman–Crippen LogP) is 2.29. The molecule has 2 atom stereocenters. The smallest absolute Gasteiger partial charge is 0.0535 e. The van der Waals surface area contributed by atoms with Gasteiger partial charge in [-0.15, -0.1) is 0 Å². The second-order valence-corrected chi connectivity index (χ2v) is 4.31. The van der Waals surface area contributed by atoms with Crippen molar-refractivity contribution in [1.82, 2.24) is 0 Å². The van der Waals surface area contributed by atoms with Crippen LogP contribution in [0, 0.1) is 0 Å². The Balaban J connectivity index is 2.09. The van der Waals surface area contributed by atoms with Crippen molar-refractivity contribution in [2.24, 2.45) is 0 Å². The second kappa shape index (κ2) is 4.77. The minimum atomic E-state index is 0.214. The third kappa shape index (κ3) is 2.39. The van der Waals surface area contributed by atoms with E-state index < -0.39 is 0 Å². The third-order valence-electron chi connectivity index (χ3n) is 3.18. The zero-order valence-corrected chi connectivity index (χ0v) is 9.15. The van der Waals surface area contributed by atoms with Crippen LogP contribution in [-0.2, 0) is 4.74 Å². The molecule has 1 aliphatic heterocycles. The molecule has 1 heterocycles. The van der Waals surface area contributed by atoms with Crippen LogP contribution in [0.2, 0.25) is 0 Å². The van der Waals surface area contributed by atoms with Crippen LogP contribution in [0.5, 0.6) is 0 Å². The summed E-state index contributed by atoms with van der Waals surface area (Å²) in [6, 6.07) is 8.57. The molecule has 1 saturated heterocycles. The molecule has 2 unspecified atom stereocenters. The van der Waals surface area contributed by atoms with Gasteiger partial charge >= 0.3 is 0 Å². The topological polar surface area (TPSA) is 29.5 Å². The monoisotopic (exact) mass is 206 g/mol.